The summed E-state index contributed by atoms with van der Waals surface area (Å²) < 4.78 is 6.98. The molecule has 3 aromatic rings. The molecule has 0 radical (unpaired) electrons. The van der Waals surface area contributed by atoms with E-state index in [0.717, 1.165) is 47.9 Å². The standard InChI is InChI=1S/C25H30BrN3OS2/c26-21-10-16-31-24(21)22(30)17-19-7-5-18(6-8-19)9-11-28-12-14-29(15-13-28)25-20-3-1-2-4-23(20)32-27-25/h1-4,10,16,18-19H,5-9,11-15,17H2. The molecule has 1 saturated heterocycles. The summed E-state index contributed by atoms with van der Waals surface area (Å²) in [5, 5.41) is 3.29. The van der Waals surface area contributed by atoms with Crippen LogP contribution in [0.3, 0.4) is 0 Å². The molecule has 3 heterocycles. The fourth-order valence-corrected chi connectivity index (χ4v) is 7.56. The Morgan fingerprint density at radius 3 is 2.53 bits per heavy atom. The maximum atomic E-state index is 12.6. The summed E-state index contributed by atoms with van der Waals surface area (Å²) in [6.45, 7) is 5.61. The van der Waals surface area contributed by atoms with Gasteiger partial charge in [0.15, 0.2) is 5.78 Å². The molecule has 1 aliphatic carbocycles. The number of rotatable bonds is 7. The van der Waals surface area contributed by atoms with E-state index in [1.807, 2.05) is 11.4 Å². The van der Waals surface area contributed by atoms with E-state index in [-0.39, 0.29) is 0 Å². The predicted octanol–water partition coefficient (Wildman–Crippen LogP) is 6.71. The Morgan fingerprint density at radius 2 is 1.78 bits per heavy atom. The van der Waals surface area contributed by atoms with Crippen molar-refractivity contribution in [2.75, 3.05) is 37.6 Å². The number of ketones is 1. The zero-order valence-corrected chi connectivity index (χ0v) is 21.6. The monoisotopic (exact) mass is 531 g/mol. The largest absolute Gasteiger partial charge is 0.353 e. The van der Waals surface area contributed by atoms with E-state index in [4.69, 9.17) is 4.37 Å². The number of thiophene rings is 1. The first-order valence-electron chi connectivity index (χ1n) is 11.8. The molecule has 0 unspecified atom stereocenters. The van der Waals surface area contributed by atoms with Crippen LogP contribution in [-0.2, 0) is 0 Å². The fourth-order valence-electron chi connectivity index (χ4n) is 5.22. The zero-order valence-electron chi connectivity index (χ0n) is 18.3. The fraction of sp³-hybridized carbons (Fsp3) is 0.520. The molecule has 2 aromatic heterocycles. The van der Waals surface area contributed by atoms with Crippen molar-refractivity contribution in [1.82, 2.24) is 9.27 Å². The summed E-state index contributed by atoms with van der Waals surface area (Å²) >= 11 is 6.68. The lowest BCUT2D eigenvalue weighted by molar-refractivity contribution is 0.0943. The second-order valence-electron chi connectivity index (χ2n) is 9.23. The quantitative estimate of drug-likeness (QED) is 0.317. The van der Waals surface area contributed by atoms with Crippen LogP contribution in [-0.4, -0.2) is 47.8 Å². The molecular formula is C25H30BrN3OS2. The minimum absolute atomic E-state index is 0.320. The Kier molecular flexibility index (Phi) is 7.26. The number of hydrogen-bond acceptors (Lipinski definition) is 6. The van der Waals surface area contributed by atoms with Crippen molar-refractivity contribution < 1.29 is 4.79 Å². The first-order valence-corrected chi connectivity index (χ1v) is 14.2. The van der Waals surface area contributed by atoms with E-state index in [1.54, 1.807) is 22.9 Å². The highest BCUT2D eigenvalue weighted by atomic mass is 79.9. The highest BCUT2D eigenvalue weighted by molar-refractivity contribution is 9.10. The number of anilines is 1. The average molecular weight is 533 g/mol. The molecule has 4 nitrogen and oxygen atoms in total. The van der Waals surface area contributed by atoms with Crippen LogP contribution >= 0.6 is 38.8 Å². The summed E-state index contributed by atoms with van der Waals surface area (Å²) in [6, 6.07) is 10.6. The van der Waals surface area contributed by atoms with Crippen LogP contribution in [0.5, 0.6) is 0 Å². The van der Waals surface area contributed by atoms with E-state index in [1.165, 1.54) is 54.6 Å². The molecule has 0 bridgehead atoms. The van der Waals surface area contributed by atoms with Crippen LogP contribution in [0.15, 0.2) is 40.2 Å². The van der Waals surface area contributed by atoms with Gasteiger partial charge in [0.05, 0.1) is 9.58 Å². The van der Waals surface area contributed by atoms with Crippen LogP contribution in [0.2, 0.25) is 0 Å². The smallest absolute Gasteiger partial charge is 0.174 e. The summed E-state index contributed by atoms with van der Waals surface area (Å²) in [6.07, 6.45) is 7.02. The molecule has 1 aliphatic heterocycles. The SMILES string of the molecule is O=C(CC1CCC(CCN2CCN(c3nsc4ccccc34)CC2)CC1)c1sccc1Br. The van der Waals surface area contributed by atoms with Gasteiger partial charge in [0.1, 0.15) is 5.82 Å². The van der Waals surface area contributed by atoms with E-state index < -0.39 is 0 Å². The van der Waals surface area contributed by atoms with Gasteiger partial charge in [-0.2, -0.15) is 4.37 Å². The van der Waals surface area contributed by atoms with Gasteiger partial charge in [-0.15, -0.1) is 11.3 Å². The molecule has 0 spiro atoms. The van der Waals surface area contributed by atoms with Gasteiger partial charge in [0.2, 0.25) is 0 Å². The van der Waals surface area contributed by atoms with Crippen molar-refractivity contribution in [2.24, 2.45) is 11.8 Å². The first-order chi connectivity index (χ1) is 15.7. The third-order valence-corrected chi connectivity index (χ3v) is 9.89. The van der Waals surface area contributed by atoms with Crippen LogP contribution in [0.4, 0.5) is 5.82 Å². The summed E-state index contributed by atoms with van der Waals surface area (Å²) in [5.41, 5.74) is 0. The molecule has 0 atom stereocenters. The summed E-state index contributed by atoms with van der Waals surface area (Å²) in [7, 11) is 0. The van der Waals surface area contributed by atoms with Crippen LogP contribution < -0.4 is 4.90 Å². The Balaban J connectivity index is 1.03. The van der Waals surface area contributed by atoms with Crippen molar-refractivity contribution in [3.8, 4) is 0 Å². The minimum Gasteiger partial charge on any atom is -0.353 e. The van der Waals surface area contributed by atoms with E-state index in [0.29, 0.717) is 11.7 Å². The van der Waals surface area contributed by atoms with Crippen LogP contribution in [0.1, 0.15) is 48.2 Å². The van der Waals surface area contributed by atoms with Gasteiger partial charge in [-0.05, 0) is 88.7 Å². The average Bonchev–Trinajstić information content (AvgIpc) is 3.45. The molecule has 5 rings (SSSR count). The molecule has 0 N–H and O–H groups in total. The van der Waals surface area contributed by atoms with Gasteiger partial charge in [0.25, 0.3) is 0 Å². The molecule has 1 aromatic carbocycles. The molecule has 1 saturated carbocycles. The van der Waals surface area contributed by atoms with E-state index in [2.05, 4.69) is 50.0 Å². The number of piperazine rings is 1. The number of halogens is 1. The topological polar surface area (TPSA) is 36.4 Å². The maximum Gasteiger partial charge on any atom is 0.174 e. The third kappa shape index (κ3) is 5.11. The number of aromatic nitrogens is 1. The number of hydrogen-bond donors (Lipinski definition) is 0. The van der Waals surface area contributed by atoms with Gasteiger partial charge >= 0.3 is 0 Å². The molecule has 2 fully saturated rings. The highest BCUT2D eigenvalue weighted by Crippen LogP contribution is 2.35. The van der Waals surface area contributed by atoms with Gasteiger partial charge in [-0.1, -0.05) is 25.0 Å². The third-order valence-electron chi connectivity index (χ3n) is 7.19. The van der Waals surface area contributed by atoms with Gasteiger partial charge in [-0.3, -0.25) is 9.69 Å². The molecular weight excluding hydrogens is 502 g/mol. The molecule has 7 heteroatoms. The number of nitrogens with zero attached hydrogens (tertiary/aromatic N) is 3. The maximum absolute atomic E-state index is 12.6. The minimum atomic E-state index is 0.320. The van der Waals surface area contributed by atoms with E-state index >= 15 is 0 Å². The lowest BCUT2D eigenvalue weighted by Crippen LogP contribution is -2.47. The molecule has 170 valence electrons. The normalized spacial score (nSPS) is 22.5. The second kappa shape index (κ2) is 10.3. The summed E-state index contributed by atoms with van der Waals surface area (Å²) in [4.78, 5) is 18.6. The van der Waals surface area contributed by atoms with Gasteiger partial charge in [-0.25, -0.2) is 0 Å². The zero-order chi connectivity index (χ0) is 21.9. The second-order valence-corrected chi connectivity index (χ2v) is 11.8. The van der Waals surface area contributed by atoms with Crippen molar-refractivity contribution in [2.45, 2.75) is 38.5 Å². The van der Waals surface area contributed by atoms with Crippen LogP contribution in [0.25, 0.3) is 10.1 Å². The lowest BCUT2D eigenvalue weighted by Gasteiger charge is -2.36. The summed E-state index contributed by atoms with van der Waals surface area (Å²) in [5.74, 6) is 2.90. The van der Waals surface area contributed by atoms with E-state index in [9.17, 15) is 4.79 Å². The first kappa shape index (κ1) is 22.5. The predicted molar refractivity (Wildman–Crippen MR) is 139 cm³/mol. The Morgan fingerprint density at radius 1 is 1.03 bits per heavy atom. The number of Topliss-reactive ketones (excluding diaryl/α,β-unsaturated/α-hetero) is 1. The highest BCUT2D eigenvalue weighted by Gasteiger charge is 2.26. The van der Waals surface area contributed by atoms with Crippen molar-refractivity contribution in [1.29, 1.82) is 0 Å². The van der Waals surface area contributed by atoms with Crippen molar-refractivity contribution in [3.63, 3.8) is 0 Å². The number of benzene rings is 1. The number of fused-ring (bicyclic) bond motifs is 1. The van der Waals surface area contributed by atoms with Crippen molar-refractivity contribution >= 4 is 60.5 Å². The Hall–Kier alpha value is -1.28. The number of carbonyl (C=O) groups excluding carboxylic acids is 1. The molecule has 0 amide bonds. The Bertz CT molecular complexity index is 1050. The van der Waals surface area contributed by atoms with Gasteiger partial charge in [0, 0.05) is 42.5 Å². The molecule has 32 heavy (non-hydrogen) atoms. The van der Waals surface area contributed by atoms with Crippen LogP contribution in [0, 0.1) is 11.8 Å². The molecule has 2 aliphatic rings. The van der Waals surface area contributed by atoms with Crippen molar-refractivity contribution in [3.05, 3.63) is 45.1 Å². The lowest BCUT2D eigenvalue weighted by atomic mass is 9.78. The van der Waals surface area contributed by atoms with Gasteiger partial charge < -0.3 is 4.90 Å². The Labute approximate surface area is 206 Å². The number of carbonyl (C=O) groups is 1.